The topological polar surface area (TPSA) is 52.4 Å². The molecule has 0 bridgehead atoms. The highest BCUT2D eigenvalue weighted by molar-refractivity contribution is 6.70. The summed E-state index contributed by atoms with van der Waals surface area (Å²) in [5.41, 5.74) is 1.96. The van der Waals surface area contributed by atoms with Gasteiger partial charge in [0.1, 0.15) is 5.76 Å². The van der Waals surface area contributed by atoms with Gasteiger partial charge in [-0.05, 0) is 43.4 Å². The molecule has 5 heteroatoms. The molecule has 2 aromatic rings. The van der Waals surface area contributed by atoms with E-state index in [4.69, 9.17) is 4.43 Å². The van der Waals surface area contributed by atoms with Crippen molar-refractivity contribution in [1.82, 2.24) is 0 Å². The Morgan fingerprint density at radius 1 is 1.05 bits per heavy atom. The van der Waals surface area contributed by atoms with Crippen LogP contribution in [0.4, 0.5) is 5.69 Å². The van der Waals surface area contributed by atoms with Gasteiger partial charge in [0.2, 0.25) is 8.32 Å². The molecule has 0 amide bonds. The molecule has 0 N–H and O–H groups in total. The molecule has 22 heavy (non-hydrogen) atoms. The van der Waals surface area contributed by atoms with Crippen LogP contribution in [0.2, 0.25) is 19.6 Å². The number of nitro benzene ring substituents is 1. The van der Waals surface area contributed by atoms with E-state index in [1.165, 1.54) is 12.1 Å². The first-order chi connectivity index (χ1) is 10.3. The Labute approximate surface area is 131 Å². The predicted molar refractivity (Wildman–Crippen MR) is 91.8 cm³/mol. The molecule has 4 nitrogen and oxygen atoms in total. The van der Waals surface area contributed by atoms with Crippen LogP contribution in [0.3, 0.4) is 0 Å². The Morgan fingerprint density at radius 2 is 1.64 bits per heavy atom. The van der Waals surface area contributed by atoms with Gasteiger partial charge in [0, 0.05) is 17.7 Å². The summed E-state index contributed by atoms with van der Waals surface area (Å²) in [5, 5.41) is 10.8. The second-order valence-corrected chi connectivity index (χ2v) is 10.4. The highest BCUT2D eigenvalue weighted by Crippen LogP contribution is 2.25. The summed E-state index contributed by atoms with van der Waals surface area (Å²) in [6, 6.07) is 16.4. The maximum atomic E-state index is 10.8. The van der Waals surface area contributed by atoms with Crippen molar-refractivity contribution in [1.29, 1.82) is 0 Å². The highest BCUT2D eigenvalue weighted by Gasteiger charge is 2.19. The largest absolute Gasteiger partial charge is 0.544 e. The zero-order chi connectivity index (χ0) is 16.2. The number of hydrogen-bond donors (Lipinski definition) is 0. The molecule has 0 radical (unpaired) electrons. The second kappa shape index (κ2) is 6.57. The molecule has 0 fully saturated rings. The maximum absolute atomic E-state index is 10.8. The van der Waals surface area contributed by atoms with E-state index >= 15 is 0 Å². The number of hydrogen-bond acceptors (Lipinski definition) is 3. The Kier molecular flexibility index (Phi) is 4.77. The van der Waals surface area contributed by atoms with Crippen LogP contribution in [0, 0.1) is 10.1 Å². The molecule has 114 valence electrons. The minimum atomic E-state index is -1.79. The number of nitrogens with zero attached hydrogens (tertiary/aromatic N) is 1. The van der Waals surface area contributed by atoms with Gasteiger partial charge in [0.25, 0.3) is 5.69 Å². The van der Waals surface area contributed by atoms with E-state index in [0.29, 0.717) is 0 Å². The van der Waals surface area contributed by atoms with Crippen LogP contribution in [-0.4, -0.2) is 13.2 Å². The van der Waals surface area contributed by atoms with Crippen LogP contribution in [0.25, 0.3) is 11.8 Å². The van der Waals surface area contributed by atoms with Crippen molar-refractivity contribution >= 4 is 25.8 Å². The van der Waals surface area contributed by atoms with Gasteiger partial charge in [-0.25, -0.2) is 0 Å². The average Bonchev–Trinajstić information content (AvgIpc) is 2.46. The zero-order valence-corrected chi connectivity index (χ0v) is 13.9. The van der Waals surface area contributed by atoms with Gasteiger partial charge in [-0.15, -0.1) is 0 Å². The first kappa shape index (κ1) is 16.0. The third-order valence-electron chi connectivity index (χ3n) is 2.88. The van der Waals surface area contributed by atoms with Crippen molar-refractivity contribution in [2.45, 2.75) is 19.6 Å². The van der Waals surface area contributed by atoms with E-state index in [0.717, 1.165) is 16.9 Å². The predicted octanol–water partition coefficient (Wildman–Crippen LogP) is 4.94. The summed E-state index contributed by atoms with van der Waals surface area (Å²) < 4.78 is 6.16. The number of nitro groups is 1. The lowest BCUT2D eigenvalue weighted by molar-refractivity contribution is -0.384. The van der Waals surface area contributed by atoms with Gasteiger partial charge in [-0.1, -0.05) is 30.3 Å². The van der Waals surface area contributed by atoms with E-state index in [1.807, 2.05) is 36.4 Å². The van der Waals surface area contributed by atoms with Gasteiger partial charge in [-0.2, -0.15) is 0 Å². The van der Waals surface area contributed by atoms with Crippen LogP contribution < -0.4 is 0 Å². The third kappa shape index (κ3) is 4.56. The summed E-state index contributed by atoms with van der Waals surface area (Å²) in [7, 11) is -1.79. The first-order valence-electron chi connectivity index (χ1n) is 7.06. The Balaban J connectivity index is 2.40. The molecule has 0 spiro atoms. The summed E-state index contributed by atoms with van der Waals surface area (Å²) in [4.78, 5) is 10.4. The smallest absolute Gasteiger partial charge is 0.269 e. The average molecular weight is 313 g/mol. The van der Waals surface area contributed by atoms with Crippen LogP contribution in [0.5, 0.6) is 0 Å². The van der Waals surface area contributed by atoms with Crippen molar-refractivity contribution in [2.24, 2.45) is 0 Å². The molecular formula is C17H19NO3Si. The molecule has 2 rings (SSSR count). The molecule has 0 aliphatic rings. The quantitative estimate of drug-likeness (QED) is 0.258. The SMILES string of the molecule is C[Si](C)(C)O/C(=C\c1ccccc1)c1ccc([N+](=O)[O-])cc1. The van der Waals surface area contributed by atoms with E-state index in [-0.39, 0.29) is 5.69 Å². The number of non-ortho nitro benzene ring substituents is 1. The molecule has 0 aliphatic heterocycles. The summed E-state index contributed by atoms with van der Waals surface area (Å²) in [5.74, 6) is 0.750. The normalized spacial score (nSPS) is 12.0. The molecular weight excluding hydrogens is 294 g/mol. The maximum Gasteiger partial charge on any atom is 0.269 e. The molecule has 0 atom stereocenters. The standard InChI is InChI=1S/C17H19NO3Si/c1-22(2,3)21-17(13-14-7-5-4-6-8-14)15-9-11-16(12-10-15)18(19)20/h4-13H,1-3H3/b17-13-. The molecule has 0 unspecified atom stereocenters. The zero-order valence-electron chi connectivity index (χ0n) is 12.9. The Morgan fingerprint density at radius 3 is 2.14 bits per heavy atom. The molecule has 0 saturated heterocycles. The fourth-order valence-corrected chi connectivity index (χ4v) is 2.79. The number of benzene rings is 2. The van der Waals surface area contributed by atoms with E-state index in [1.54, 1.807) is 12.1 Å². The summed E-state index contributed by atoms with van der Waals surface area (Å²) in [6.45, 7) is 6.33. The lowest BCUT2D eigenvalue weighted by Crippen LogP contribution is -2.24. The second-order valence-electron chi connectivity index (χ2n) is 5.94. The highest BCUT2D eigenvalue weighted by atomic mass is 28.4. The minimum absolute atomic E-state index is 0.0795. The van der Waals surface area contributed by atoms with E-state index < -0.39 is 13.2 Å². The Hall–Kier alpha value is -2.40. The van der Waals surface area contributed by atoms with Gasteiger partial charge < -0.3 is 4.43 Å². The van der Waals surface area contributed by atoms with Crippen LogP contribution >= 0.6 is 0 Å². The number of rotatable bonds is 5. The summed E-state index contributed by atoms with van der Waals surface area (Å²) in [6.07, 6.45) is 1.97. The first-order valence-corrected chi connectivity index (χ1v) is 10.5. The van der Waals surface area contributed by atoms with Crippen molar-refractivity contribution in [3.8, 4) is 0 Å². The van der Waals surface area contributed by atoms with Crippen molar-refractivity contribution in [2.75, 3.05) is 0 Å². The van der Waals surface area contributed by atoms with Crippen molar-refractivity contribution in [3.05, 3.63) is 75.8 Å². The third-order valence-corrected chi connectivity index (χ3v) is 3.71. The van der Waals surface area contributed by atoms with Gasteiger partial charge in [-0.3, -0.25) is 10.1 Å². The van der Waals surface area contributed by atoms with Gasteiger partial charge >= 0.3 is 0 Å². The fraction of sp³-hybridized carbons (Fsp3) is 0.176. The monoisotopic (exact) mass is 313 g/mol. The summed E-state index contributed by atoms with van der Waals surface area (Å²) >= 11 is 0. The van der Waals surface area contributed by atoms with Gasteiger partial charge in [0.15, 0.2) is 0 Å². The molecule has 0 heterocycles. The lowest BCUT2D eigenvalue weighted by Gasteiger charge is -2.22. The van der Waals surface area contributed by atoms with Crippen molar-refractivity contribution < 1.29 is 9.35 Å². The van der Waals surface area contributed by atoms with E-state index in [2.05, 4.69) is 19.6 Å². The molecule has 2 aromatic carbocycles. The van der Waals surface area contributed by atoms with Crippen LogP contribution in [-0.2, 0) is 4.43 Å². The molecule has 0 aromatic heterocycles. The molecule has 0 aliphatic carbocycles. The van der Waals surface area contributed by atoms with Crippen LogP contribution in [0.1, 0.15) is 11.1 Å². The fourth-order valence-electron chi connectivity index (χ4n) is 1.95. The Bertz CT molecular complexity index is 673. The van der Waals surface area contributed by atoms with Crippen LogP contribution in [0.15, 0.2) is 54.6 Å². The molecule has 0 saturated carbocycles. The van der Waals surface area contributed by atoms with Gasteiger partial charge in [0.05, 0.1) is 4.92 Å². The van der Waals surface area contributed by atoms with E-state index in [9.17, 15) is 10.1 Å². The lowest BCUT2D eigenvalue weighted by atomic mass is 10.1. The van der Waals surface area contributed by atoms with Crippen molar-refractivity contribution in [3.63, 3.8) is 0 Å². The minimum Gasteiger partial charge on any atom is -0.544 e.